The van der Waals surface area contributed by atoms with Crippen molar-refractivity contribution in [2.24, 2.45) is 0 Å². The first-order valence-corrected chi connectivity index (χ1v) is 11.8. The number of hydrogen-bond acceptors (Lipinski definition) is 7. The highest BCUT2D eigenvalue weighted by Gasteiger charge is 2.32. The molecule has 5 rings (SSSR count). The zero-order valence-corrected chi connectivity index (χ0v) is 20.0. The van der Waals surface area contributed by atoms with Crippen LogP contribution in [-0.4, -0.2) is 29.2 Å². The van der Waals surface area contributed by atoms with Gasteiger partial charge in [0.25, 0.3) is 5.19 Å². The largest absolute Gasteiger partial charge is 0.573 e. The van der Waals surface area contributed by atoms with Gasteiger partial charge in [0.2, 0.25) is 5.43 Å². The van der Waals surface area contributed by atoms with Gasteiger partial charge in [-0.2, -0.15) is 0 Å². The van der Waals surface area contributed by atoms with Crippen LogP contribution < -0.4 is 19.6 Å². The molecule has 7 nitrogen and oxygen atoms in total. The van der Waals surface area contributed by atoms with Crippen molar-refractivity contribution in [3.8, 4) is 22.4 Å². The second kappa shape index (κ2) is 9.14. The van der Waals surface area contributed by atoms with Crippen LogP contribution in [0.4, 0.5) is 13.2 Å². The molecule has 36 heavy (non-hydrogen) atoms. The van der Waals surface area contributed by atoms with Crippen molar-refractivity contribution < 1.29 is 32.2 Å². The van der Waals surface area contributed by atoms with Gasteiger partial charge in [-0.15, -0.1) is 13.2 Å². The minimum atomic E-state index is -4.78. The number of ether oxygens (including phenoxy) is 3. The van der Waals surface area contributed by atoms with Crippen LogP contribution in [0.1, 0.15) is 34.1 Å². The number of nitrogens with one attached hydrogen (secondary N) is 1. The van der Waals surface area contributed by atoms with Gasteiger partial charge in [-0.1, -0.05) is 22.9 Å². The Hall–Kier alpha value is -3.57. The van der Waals surface area contributed by atoms with Crippen LogP contribution in [0.2, 0.25) is 5.02 Å². The fraction of sp³-hybridized carbons (Fsp3) is 0.208. The van der Waals surface area contributed by atoms with Crippen molar-refractivity contribution in [2.75, 3.05) is 7.11 Å². The second-order valence-corrected chi connectivity index (χ2v) is 9.26. The van der Waals surface area contributed by atoms with Crippen molar-refractivity contribution in [3.05, 3.63) is 74.0 Å². The number of aromatic amines is 1. The van der Waals surface area contributed by atoms with E-state index < -0.39 is 6.36 Å². The summed E-state index contributed by atoms with van der Waals surface area (Å²) in [7, 11) is 1.47. The maximum absolute atomic E-state index is 13.0. The molecule has 2 heterocycles. The first-order valence-electron chi connectivity index (χ1n) is 10.6. The molecule has 1 atom stereocenters. The number of methoxy groups -OCH3 is 1. The van der Waals surface area contributed by atoms with E-state index in [0.29, 0.717) is 34.5 Å². The van der Waals surface area contributed by atoms with Crippen LogP contribution in [0, 0.1) is 0 Å². The van der Waals surface area contributed by atoms with Gasteiger partial charge in [0.05, 0.1) is 28.9 Å². The summed E-state index contributed by atoms with van der Waals surface area (Å²) >= 11 is 7.35. The molecule has 1 aliphatic carbocycles. The molecule has 1 aliphatic rings. The number of carbonyl (C=O) groups is 1. The van der Waals surface area contributed by atoms with Gasteiger partial charge in [-0.05, 0) is 36.8 Å². The maximum Gasteiger partial charge on any atom is 0.573 e. The van der Waals surface area contributed by atoms with E-state index in [1.54, 1.807) is 11.4 Å². The number of hydrogen-bond donors (Lipinski definition) is 1. The average Bonchev–Trinajstić information content (AvgIpc) is 3.28. The van der Waals surface area contributed by atoms with E-state index in [9.17, 15) is 22.8 Å². The van der Waals surface area contributed by atoms with Crippen molar-refractivity contribution in [2.45, 2.75) is 25.1 Å². The van der Waals surface area contributed by atoms with E-state index in [4.69, 9.17) is 21.1 Å². The van der Waals surface area contributed by atoms with E-state index in [-0.39, 0.29) is 50.8 Å². The molecule has 2 aromatic heterocycles. The summed E-state index contributed by atoms with van der Waals surface area (Å²) in [5.74, 6) is -0.275. The number of aromatic nitrogens is 2. The first kappa shape index (κ1) is 24.1. The highest BCUT2D eigenvalue weighted by molar-refractivity contribution is 7.11. The molecule has 0 radical (unpaired) electrons. The number of nitrogens with zero attached hydrogens (tertiary/aromatic N) is 1. The molecule has 0 amide bonds. The maximum atomic E-state index is 13.0. The van der Waals surface area contributed by atoms with E-state index in [1.165, 1.54) is 36.6 Å². The van der Waals surface area contributed by atoms with Gasteiger partial charge in [0.15, 0.2) is 5.78 Å². The summed E-state index contributed by atoms with van der Waals surface area (Å²) in [6, 6.07) is 8.04. The minimum absolute atomic E-state index is 0.0954. The smallest absolute Gasteiger partial charge is 0.495 e. The standard InChI is InChI=1S/C24H16ClF3N2O5S/c1-33-20-9-16-14(8-15(20)25)22(32)21-17(29-16)6-11(7-19(21)31)18-10-36-23(30-18)34-12-2-4-13(5-3-12)35-24(26,27)28/h2-5,8-11H,6-7H2,1H3,(H,29,32). The first-order chi connectivity index (χ1) is 17.1. The third kappa shape index (κ3) is 4.76. The molecule has 0 saturated carbocycles. The quantitative estimate of drug-likeness (QED) is 0.324. The molecule has 0 aliphatic heterocycles. The number of Topliss-reactive ketones (excluding diaryl/α,β-unsaturated/α-hetero) is 1. The summed E-state index contributed by atoms with van der Waals surface area (Å²) < 4.78 is 51.7. The van der Waals surface area contributed by atoms with Crippen LogP contribution in [0.3, 0.4) is 0 Å². The number of thiazole rings is 1. The van der Waals surface area contributed by atoms with E-state index >= 15 is 0 Å². The molecule has 12 heteroatoms. The van der Waals surface area contributed by atoms with Crippen LogP contribution in [0.15, 0.2) is 46.6 Å². The SMILES string of the molecule is COc1cc2[nH]c3c(c(=O)c2cc1Cl)C(=O)CC(c1csc(Oc2ccc(OC(F)(F)F)cc2)n1)C3. The lowest BCUT2D eigenvalue weighted by atomic mass is 9.83. The number of pyridine rings is 1. The summed E-state index contributed by atoms with van der Waals surface area (Å²) in [6.07, 6.45) is -4.31. The average molecular weight is 537 g/mol. The van der Waals surface area contributed by atoms with Crippen LogP contribution in [0.5, 0.6) is 22.4 Å². The molecule has 1 N–H and O–H groups in total. The second-order valence-electron chi connectivity index (χ2n) is 8.03. The highest BCUT2D eigenvalue weighted by atomic mass is 35.5. The Labute approximate surface area is 210 Å². The molecule has 0 spiro atoms. The topological polar surface area (TPSA) is 90.5 Å². The van der Waals surface area contributed by atoms with Gasteiger partial charge in [-0.3, -0.25) is 9.59 Å². The van der Waals surface area contributed by atoms with Gasteiger partial charge >= 0.3 is 6.36 Å². The number of halogens is 4. The molecule has 0 bridgehead atoms. The highest BCUT2D eigenvalue weighted by Crippen LogP contribution is 2.36. The van der Waals surface area contributed by atoms with E-state index in [1.807, 2.05) is 0 Å². The number of alkyl halides is 3. The lowest BCUT2D eigenvalue weighted by Gasteiger charge is -2.22. The third-order valence-electron chi connectivity index (χ3n) is 5.69. The molecule has 186 valence electrons. The lowest BCUT2D eigenvalue weighted by Crippen LogP contribution is -2.27. The molecule has 2 aromatic carbocycles. The summed E-state index contributed by atoms with van der Waals surface area (Å²) in [4.78, 5) is 33.6. The van der Waals surface area contributed by atoms with E-state index in [2.05, 4.69) is 14.7 Å². The minimum Gasteiger partial charge on any atom is -0.495 e. The van der Waals surface area contributed by atoms with Gasteiger partial charge < -0.3 is 19.2 Å². The number of carbonyl (C=O) groups excluding carboxylic acids is 1. The van der Waals surface area contributed by atoms with Crippen molar-refractivity contribution in [1.82, 2.24) is 9.97 Å². The zero-order valence-electron chi connectivity index (χ0n) is 18.4. The Morgan fingerprint density at radius 2 is 1.83 bits per heavy atom. The number of rotatable bonds is 5. The van der Waals surface area contributed by atoms with Crippen molar-refractivity contribution in [1.29, 1.82) is 0 Å². The number of ketones is 1. The summed E-state index contributed by atoms with van der Waals surface area (Å²) in [5.41, 5.74) is 1.36. The fourth-order valence-electron chi connectivity index (χ4n) is 4.11. The third-order valence-corrected chi connectivity index (χ3v) is 6.72. The lowest BCUT2D eigenvalue weighted by molar-refractivity contribution is -0.274. The van der Waals surface area contributed by atoms with Crippen molar-refractivity contribution >= 4 is 39.6 Å². The van der Waals surface area contributed by atoms with Gasteiger partial charge in [0.1, 0.15) is 17.2 Å². The fourth-order valence-corrected chi connectivity index (χ4v) is 5.12. The molecular weight excluding hydrogens is 521 g/mol. The Bertz CT molecular complexity index is 1530. The predicted molar refractivity (Wildman–Crippen MR) is 127 cm³/mol. The molecule has 0 fully saturated rings. The molecular formula is C24H16ClF3N2O5S. The summed E-state index contributed by atoms with van der Waals surface area (Å²) in [5, 5.41) is 2.59. The van der Waals surface area contributed by atoms with Gasteiger partial charge in [0, 0.05) is 34.9 Å². The predicted octanol–water partition coefficient (Wildman–Crippen LogP) is 6.25. The Balaban J connectivity index is 1.37. The summed E-state index contributed by atoms with van der Waals surface area (Å²) in [6.45, 7) is 0. The van der Waals surface area contributed by atoms with Crippen LogP contribution >= 0.6 is 22.9 Å². The molecule has 0 saturated heterocycles. The molecule has 4 aromatic rings. The molecule has 1 unspecified atom stereocenters. The zero-order chi connectivity index (χ0) is 25.6. The monoisotopic (exact) mass is 536 g/mol. The van der Waals surface area contributed by atoms with Crippen LogP contribution in [0.25, 0.3) is 10.9 Å². The van der Waals surface area contributed by atoms with E-state index in [0.717, 1.165) is 12.1 Å². The Kier molecular flexibility index (Phi) is 6.13. The van der Waals surface area contributed by atoms with Crippen molar-refractivity contribution in [3.63, 3.8) is 0 Å². The van der Waals surface area contributed by atoms with Gasteiger partial charge in [-0.25, -0.2) is 4.98 Å². The number of benzene rings is 2. The number of fused-ring (bicyclic) bond motifs is 2. The van der Waals surface area contributed by atoms with Crippen LogP contribution in [-0.2, 0) is 6.42 Å². The normalized spacial score (nSPS) is 15.6. The number of H-pyrrole nitrogens is 1. The Morgan fingerprint density at radius 1 is 1.11 bits per heavy atom. The Morgan fingerprint density at radius 3 is 2.53 bits per heavy atom.